The molecule has 0 fully saturated rings. The third-order valence-corrected chi connectivity index (χ3v) is 5.57. The first-order valence-electron chi connectivity index (χ1n) is 10.5. The summed E-state index contributed by atoms with van der Waals surface area (Å²) in [5.41, 5.74) is -3.84. The Balaban J connectivity index is 3.86. The van der Waals surface area contributed by atoms with Crippen LogP contribution in [0.5, 0.6) is 0 Å². The van der Waals surface area contributed by atoms with Gasteiger partial charge >= 0.3 is 12.4 Å². The van der Waals surface area contributed by atoms with Crippen LogP contribution in [0, 0.1) is 10.8 Å². The van der Waals surface area contributed by atoms with Crippen molar-refractivity contribution in [2.24, 2.45) is 10.8 Å². The van der Waals surface area contributed by atoms with Gasteiger partial charge in [-0.25, -0.2) is 0 Å². The Labute approximate surface area is 183 Å². The number of rotatable bonds is 5. The molecule has 0 amide bonds. The van der Waals surface area contributed by atoms with Crippen LogP contribution in [0.2, 0.25) is 0 Å². The molecule has 0 atom stereocenters. The van der Waals surface area contributed by atoms with E-state index >= 15 is 0 Å². The van der Waals surface area contributed by atoms with Gasteiger partial charge in [-0.2, -0.15) is 26.3 Å². The molecule has 0 N–H and O–H groups in total. The van der Waals surface area contributed by atoms with Crippen LogP contribution in [0.3, 0.4) is 0 Å². The lowest BCUT2D eigenvalue weighted by atomic mass is 9.79. The highest BCUT2D eigenvalue weighted by Crippen LogP contribution is 2.47. The molecular formula is C24H37F6N. The van der Waals surface area contributed by atoms with E-state index in [-0.39, 0.29) is 12.8 Å². The van der Waals surface area contributed by atoms with E-state index in [4.69, 9.17) is 0 Å². The maximum absolute atomic E-state index is 13.7. The van der Waals surface area contributed by atoms with Gasteiger partial charge in [-0.1, -0.05) is 45.9 Å². The number of hydrogen-bond donors (Lipinski definition) is 0. The summed E-state index contributed by atoms with van der Waals surface area (Å²) in [6, 6.07) is 4.78. The minimum atomic E-state index is -4.44. The quantitative estimate of drug-likeness (QED) is 0.405. The summed E-state index contributed by atoms with van der Waals surface area (Å²) in [5, 5.41) is 0. The van der Waals surface area contributed by atoms with Crippen LogP contribution in [-0.2, 0) is 12.8 Å². The van der Waals surface area contributed by atoms with Crippen molar-refractivity contribution < 1.29 is 26.3 Å². The number of anilines is 1. The van der Waals surface area contributed by atoms with Gasteiger partial charge in [-0.05, 0) is 65.5 Å². The highest BCUT2D eigenvalue weighted by Gasteiger charge is 2.50. The predicted octanol–water partition coefficient (Wildman–Crippen LogP) is 8.35. The minimum Gasteiger partial charge on any atom is -0.361 e. The van der Waals surface area contributed by atoms with E-state index in [1.165, 1.54) is 0 Å². The molecule has 7 heteroatoms. The molecule has 31 heavy (non-hydrogen) atoms. The average molecular weight is 454 g/mol. The first-order valence-corrected chi connectivity index (χ1v) is 10.5. The molecule has 1 aromatic carbocycles. The second kappa shape index (κ2) is 8.18. The van der Waals surface area contributed by atoms with Crippen LogP contribution in [0.4, 0.5) is 32.0 Å². The number of hydrogen-bond acceptors (Lipinski definition) is 1. The fourth-order valence-corrected chi connectivity index (χ4v) is 4.05. The lowest BCUT2D eigenvalue weighted by Gasteiger charge is -2.50. The monoisotopic (exact) mass is 453 g/mol. The Bertz CT molecular complexity index is 698. The number of halogens is 6. The van der Waals surface area contributed by atoms with Crippen LogP contribution in [-0.4, -0.2) is 23.4 Å². The topological polar surface area (TPSA) is 3.24 Å². The Morgan fingerprint density at radius 2 is 0.871 bits per heavy atom. The van der Waals surface area contributed by atoms with Crippen molar-refractivity contribution in [2.45, 2.75) is 106 Å². The summed E-state index contributed by atoms with van der Waals surface area (Å²) in [4.78, 5) is 1.96. The van der Waals surface area contributed by atoms with Crippen molar-refractivity contribution in [1.82, 2.24) is 0 Å². The predicted molar refractivity (Wildman–Crippen MR) is 116 cm³/mol. The summed E-state index contributed by atoms with van der Waals surface area (Å²) in [6.45, 7) is 16.0. The van der Waals surface area contributed by atoms with E-state index in [0.29, 0.717) is 16.8 Å². The van der Waals surface area contributed by atoms with Crippen LogP contribution >= 0.6 is 0 Å². The van der Waals surface area contributed by atoms with Gasteiger partial charge in [0.1, 0.15) is 0 Å². The molecule has 1 rings (SSSR count). The molecule has 1 aromatic rings. The first kappa shape index (κ1) is 27.6. The molecule has 0 aliphatic carbocycles. The SMILES string of the molecule is CC(C)(C)N(c1c(CC(C)(C)C(F)(F)F)cccc1CC(C)(C)C(F)(F)F)C(C)(C)C. The number of alkyl halides is 6. The third kappa shape index (κ3) is 6.32. The van der Waals surface area contributed by atoms with E-state index in [0.717, 1.165) is 27.7 Å². The third-order valence-electron chi connectivity index (χ3n) is 5.57. The molecule has 0 bridgehead atoms. The van der Waals surface area contributed by atoms with Crippen molar-refractivity contribution in [2.75, 3.05) is 4.90 Å². The van der Waals surface area contributed by atoms with E-state index in [1.54, 1.807) is 18.2 Å². The molecule has 0 spiro atoms. The second-order valence-electron chi connectivity index (χ2n) is 11.7. The highest BCUT2D eigenvalue weighted by atomic mass is 19.4. The van der Waals surface area contributed by atoms with E-state index < -0.39 is 34.3 Å². The summed E-state index contributed by atoms with van der Waals surface area (Å²) in [5.74, 6) is 0. The number of benzene rings is 1. The molecule has 0 radical (unpaired) electrons. The van der Waals surface area contributed by atoms with Crippen LogP contribution in [0.15, 0.2) is 18.2 Å². The van der Waals surface area contributed by atoms with Gasteiger partial charge in [-0.15, -0.1) is 0 Å². The van der Waals surface area contributed by atoms with Gasteiger partial charge in [0, 0.05) is 16.8 Å². The summed E-state index contributed by atoms with van der Waals surface area (Å²) >= 11 is 0. The minimum absolute atomic E-state index is 0.325. The van der Waals surface area contributed by atoms with Crippen LogP contribution < -0.4 is 4.90 Å². The van der Waals surface area contributed by atoms with Gasteiger partial charge in [0.15, 0.2) is 0 Å². The van der Waals surface area contributed by atoms with E-state index in [2.05, 4.69) is 0 Å². The lowest BCUT2D eigenvalue weighted by Crippen LogP contribution is -2.54. The summed E-state index contributed by atoms with van der Waals surface area (Å²) < 4.78 is 82.1. The normalized spacial score (nSPS) is 14.7. The fraction of sp³-hybridized carbons (Fsp3) is 0.750. The average Bonchev–Trinajstić information content (AvgIpc) is 2.44. The van der Waals surface area contributed by atoms with Gasteiger partial charge in [0.05, 0.1) is 10.8 Å². The maximum atomic E-state index is 13.7. The molecule has 0 saturated heterocycles. The van der Waals surface area contributed by atoms with Crippen molar-refractivity contribution in [3.05, 3.63) is 29.3 Å². The lowest BCUT2D eigenvalue weighted by molar-refractivity contribution is -0.211. The Hall–Kier alpha value is -1.40. The van der Waals surface area contributed by atoms with E-state index in [9.17, 15) is 26.3 Å². The van der Waals surface area contributed by atoms with Crippen LogP contribution in [0.1, 0.15) is 80.4 Å². The Kier molecular flexibility index (Phi) is 7.29. The van der Waals surface area contributed by atoms with Crippen molar-refractivity contribution >= 4 is 5.69 Å². The largest absolute Gasteiger partial charge is 0.394 e. The summed E-state index contributed by atoms with van der Waals surface area (Å²) in [6.07, 6.45) is -9.54. The molecule has 1 nitrogen and oxygen atoms in total. The van der Waals surface area contributed by atoms with E-state index in [1.807, 2.05) is 46.4 Å². The van der Waals surface area contributed by atoms with Crippen molar-refractivity contribution in [3.8, 4) is 0 Å². The smallest absolute Gasteiger partial charge is 0.361 e. The zero-order valence-corrected chi connectivity index (χ0v) is 20.4. The molecule has 0 heterocycles. The fourth-order valence-electron chi connectivity index (χ4n) is 4.05. The number of nitrogens with zero attached hydrogens (tertiary/aromatic N) is 1. The zero-order valence-electron chi connectivity index (χ0n) is 20.4. The zero-order chi connectivity index (χ0) is 24.8. The molecule has 0 aromatic heterocycles. The first-order chi connectivity index (χ1) is 13.4. The van der Waals surface area contributed by atoms with Gasteiger partial charge in [0.2, 0.25) is 0 Å². The van der Waals surface area contributed by atoms with Gasteiger partial charge in [0.25, 0.3) is 0 Å². The Morgan fingerprint density at radius 3 is 1.10 bits per heavy atom. The van der Waals surface area contributed by atoms with Gasteiger partial charge < -0.3 is 4.90 Å². The van der Waals surface area contributed by atoms with Gasteiger partial charge in [-0.3, -0.25) is 0 Å². The Morgan fingerprint density at radius 1 is 0.581 bits per heavy atom. The molecule has 180 valence electrons. The highest BCUT2D eigenvalue weighted by molar-refractivity contribution is 5.63. The van der Waals surface area contributed by atoms with Crippen molar-refractivity contribution in [1.29, 1.82) is 0 Å². The molecule has 0 unspecified atom stereocenters. The standard InChI is InChI=1S/C24H37F6N/c1-19(2,3)31(20(4,5)6)18-16(14-21(7,8)23(25,26)27)12-11-13-17(18)15-22(9,10)24(28,29)30/h11-13H,14-15H2,1-10H3. The molecule has 0 aliphatic rings. The van der Waals surface area contributed by atoms with Crippen LogP contribution in [0.25, 0.3) is 0 Å². The molecule has 0 aliphatic heterocycles. The summed E-state index contributed by atoms with van der Waals surface area (Å²) in [7, 11) is 0. The molecule has 0 saturated carbocycles. The van der Waals surface area contributed by atoms with Crippen molar-refractivity contribution in [3.63, 3.8) is 0 Å². The maximum Gasteiger partial charge on any atom is 0.394 e. The number of para-hydroxylation sites is 1. The molecular weight excluding hydrogens is 416 g/mol. The second-order valence-corrected chi connectivity index (χ2v) is 11.7.